The Hall–Kier alpha value is -3.23. The smallest absolute Gasteiger partial charge is 0.274 e. The summed E-state index contributed by atoms with van der Waals surface area (Å²) in [6, 6.07) is 1.49. The fraction of sp³-hybridized carbons (Fsp3) is 0.333. The van der Waals surface area contributed by atoms with Crippen molar-refractivity contribution in [1.29, 1.82) is 0 Å². The van der Waals surface area contributed by atoms with Crippen LogP contribution < -0.4 is 5.32 Å². The van der Waals surface area contributed by atoms with Crippen molar-refractivity contribution < 1.29 is 27.9 Å². The fourth-order valence-electron chi connectivity index (χ4n) is 3.93. The molecule has 0 saturated carbocycles. The van der Waals surface area contributed by atoms with Gasteiger partial charge in [0.2, 0.25) is 5.91 Å². The lowest BCUT2D eigenvalue weighted by Crippen LogP contribution is -2.54. The predicted octanol–water partition coefficient (Wildman–Crippen LogP) is 2.72. The SMILES string of the molecule is Cc1cc(F)c(CNC(=O)C2=CN3C(=C(O)C2)C(=O)N2CCC=C(F)C3C2)c(F)c1. The van der Waals surface area contributed by atoms with Crippen LogP contribution >= 0.6 is 0 Å². The molecule has 158 valence electrons. The van der Waals surface area contributed by atoms with Gasteiger partial charge in [-0.3, -0.25) is 9.59 Å². The van der Waals surface area contributed by atoms with Crippen LogP contribution in [0.5, 0.6) is 0 Å². The second-order valence-corrected chi connectivity index (χ2v) is 7.57. The molecule has 1 atom stereocenters. The number of carbonyl (C=O) groups is 2. The minimum absolute atomic E-state index is 0.0520. The largest absolute Gasteiger partial charge is 0.510 e. The van der Waals surface area contributed by atoms with Gasteiger partial charge in [-0.1, -0.05) is 0 Å². The standard InChI is InChI=1S/C21H20F3N3O3/c1-11-5-15(23)13(16(24)6-11)8-25-20(29)12-7-18(28)19-21(30)26-4-2-3-14(22)17(10-26)27(19)9-12/h3,5-6,9,17,28H,2,4,7-8,10H2,1H3,(H,25,29). The van der Waals surface area contributed by atoms with E-state index in [0.717, 1.165) is 12.1 Å². The first-order valence-corrected chi connectivity index (χ1v) is 9.55. The normalized spacial score (nSPS) is 21.1. The van der Waals surface area contributed by atoms with E-state index >= 15 is 0 Å². The first kappa shape index (κ1) is 20.1. The molecule has 0 radical (unpaired) electrons. The first-order valence-electron chi connectivity index (χ1n) is 9.55. The number of carbonyl (C=O) groups excluding carboxylic acids is 2. The monoisotopic (exact) mass is 419 g/mol. The lowest BCUT2D eigenvalue weighted by atomic mass is 10.00. The van der Waals surface area contributed by atoms with E-state index in [1.807, 2.05) is 0 Å². The van der Waals surface area contributed by atoms with E-state index in [0.29, 0.717) is 18.5 Å². The van der Waals surface area contributed by atoms with E-state index < -0.39 is 41.9 Å². The summed E-state index contributed by atoms with van der Waals surface area (Å²) < 4.78 is 42.5. The average Bonchev–Trinajstić information content (AvgIpc) is 2.84. The van der Waals surface area contributed by atoms with Crippen LogP contribution in [0.25, 0.3) is 0 Å². The maximum atomic E-state index is 14.5. The van der Waals surface area contributed by atoms with Crippen molar-refractivity contribution in [2.75, 3.05) is 13.1 Å². The Morgan fingerprint density at radius 3 is 2.67 bits per heavy atom. The zero-order valence-corrected chi connectivity index (χ0v) is 16.2. The molecule has 6 nitrogen and oxygen atoms in total. The molecule has 1 aromatic rings. The molecule has 1 unspecified atom stereocenters. The number of rotatable bonds is 3. The zero-order valence-electron chi connectivity index (χ0n) is 16.2. The fourth-order valence-corrected chi connectivity index (χ4v) is 3.93. The van der Waals surface area contributed by atoms with Gasteiger partial charge in [0.1, 0.15) is 35.0 Å². The molecule has 0 spiro atoms. The van der Waals surface area contributed by atoms with Crippen LogP contribution in [0.3, 0.4) is 0 Å². The number of hydrogen-bond donors (Lipinski definition) is 2. The van der Waals surface area contributed by atoms with Crippen molar-refractivity contribution in [3.8, 4) is 0 Å². The summed E-state index contributed by atoms with van der Waals surface area (Å²) in [5.74, 6) is -3.44. The van der Waals surface area contributed by atoms with Crippen molar-refractivity contribution in [2.45, 2.75) is 32.4 Å². The van der Waals surface area contributed by atoms with Crippen LogP contribution in [0.1, 0.15) is 24.0 Å². The molecule has 2 N–H and O–H groups in total. The Morgan fingerprint density at radius 2 is 1.97 bits per heavy atom. The number of halogens is 3. The van der Waals surface area contributed by atoms with E-state index in [-0.39, 0.29) is 35.6 Å². The summed E-state index contributed by atoms with van der Waals surface area (Å²) in [5.41, 5.74) is 0.138. The molecule has 2 bridgehead atoms. The van der Waals surface area contributed by atoms with Crippen LogP contribution in [0, 0.1) is 18.6 Å². The molecule has 2 amide bonds. The van der Waals surface area contributed by atoms with Gasteiger partial charge < -0.3 is 20.2 Å². The van der Waals surface area contributed by atoms with Gasteiger partial charge in [0.15, 0.2) is 0 Å². The summed E-state index contributed by atoms with van der Waals surface area (Å²) in [4.78, 5) is 28.0. The Bertz CT molecular complexity index is 1010. The van der Waals surface area contributed by atoms with E-state index in [1.54, 1.807) is 6.92 Å². The second kappa shape index (κ2) is 7.55. The Balaban J connectivity index is 1.57. The van der Waals surface area contributed by atoms with Crippen molar-refractivity contribution in [2.24, 2.45) is 0 Å². The lowest BCUT2D eigenvalue weighted by molar-refractivity contribution is -0.132. The molecule has 0 aromatic heterocycles. The molecule has 30 heavy (non-hydrogen) atoms. The lowest BCUT2D eigenvalue weighted by Gasteiger charge is -2.42. The quantitative estimate of drug-likeness (QED) is 0.790. The number of aryl methyl sites for hydroxylation is 1. The third-order valence-corrected chi connectivity index (χ3v) is 5.46. The minimum Gasteiger partial charge on any atom is -0.510 e. The topological polar surface area (TPSA) is 72.9 Å². The summed E-state index contributed by atoms with van der Waals surface area (Å²) in [5, 5.41) is 12.9. The van der Waals surface area contributed by atoms with Crippen LogP contribution in [0.4, 0.5) is 13.2 Å². The van der Waals surface area contributed by atoms with Crippen molar-refractivity contribution in [3.63, 3.8) is 0 Å². The third kappa shape index (κ3) is 3.44. The van der Waals surface area contributed by atoms with Crippen LogP contribution in [0.2, 0.25) is 0 Å². The molecule has 3 heterocycles. The number of fused-ring (bicyclic) bond motifs is 4. The van der Waals surface area contributed by atoms with Gasteiger partial charge in [0.25, 0.3) is 5.91 Å². The van der Waals surface area contributed by atoms with Crippen LogP contribution in [-0.2, 0) is 16.1 Å². The first-order chi connectivity index (χ1) is 14.3. The molecule has 3 aliphatic rings. The van der Waals surface area contributed by atoms with E-state index in [2.05, 4.69) is 5.32 Å². The molecule has 3 aliphatic heterocycles. The van der Waals surface area contributed by atoms with Gasteiger partial charge >= 0.3 is 0 Å². The van der Waals surface area contributed by atoms with Crippen molar-refractivity contribution in [3.05, 3.63) is 70.0 Å². The van der Waals surface area contributed by atoms with Gasteiger partial charge in [0.05, 0.1) is 0 Å². The van der Waals surface area contributed by atoms with E-state index in [1.165, 1.54) is 22.1 Å². The second-order valence-electron chi connectivity index (χ2n) is 7.57. The van der Waals surface area contributed by atoms with Crippen LogP contribution in [0.15, 0.2) is 47.3 Å². The predicted molar refractivity (Wildman–Crippen MR) is 101 cm³/mol. The number of hydrogen-bond acceptors (Lipinski definition) is 4. The Labute approximate surface area is 171 Å². The number of piperazine rings is 1. The number of aliphatic hydroxyl groups is 1. The molecular formula is C21H20F3N3O3. The third-order valence-electron chi connectivity index (χ3n) is 5.46. The summed E-state index contributed by atoms with van der Waals surface area (Å²) in [6.07, 6.45) is 2.84. The molecule has 4 rings (SSSR count). The van der Waals surface area contributed by atoms with Gasteiger partial charge in [-0.05, 0) is 37.1 Å². The number of allylic oxidation sites excluding steroid dienone is 1. The van der Waals surface area contributed by atoms with Crippen LogP contribution in [-0.4, -0.2) is 45.9 Å². The molecule has 1 saturated heterocycles. The highest BCUT2D eigenvalue weighted by atomic mass is 19.1. The Morgan fingerprint density at radius 1 is 1.27 bits per heavy atom. The van der Waals surface area contributed by atoms with Crippen molar-refractivity contribution >= 4 is 11.8 Å². The minimum atomic E-state index is -0.836. The number of nitrogens with zero attached hydrogens (tertiary/aromatic N) is 2. The molecule has 0 aliphatic carbocycles. The highest BCUT2D eigenvalue weighted by Gasteiger charge is 2.42. The molecular weight excluding hydrogens is 399 g/mol. The van der Waals surface area contributed by atoms with Gasteiger partial charge in [-0.25, -0.2) is 13.2 Å². The van der Waals surface area contributed by atoms with Gasteiger partial charge in [0, 0.05) is 43.4 Å². The van der Waals surface area contributed by atoms with E-state index in [4.69, 9.17) is 0 Å². The highest BCUT2D eigenvalue weighted by Crippen LogP contribution is 2.35. The Kier molecular flexibility index (Phi) is 5.05. The van der Waals surface area contributed by atoms with Gasteiger partial charge in [-0.15, -0.1) is 0 Å². The van der Waals surface area contributed by atoms with E-state index in [9.17, 15) is 27.9 Å². The zero-order chi connectivity index (χ0) is 21.6. The summed E-state index contributed by atoms with van der Waals surface area (Å²) in [7, 11) is 0. The maximum Gasteiger partial charge on any atom is 0.274 e. The summed E-state index contributed by atoms with van der Waals surface area (Å²) in [6.45, 7) is 1.60. The number of nitrogens with one attached hydrogen (secondary N) is 1. The number of amides is 2. The number of benzene rings is 1. The van der Waals surface area contributed by atoms with Crippen molar-refractivity contribution in [1.82, 2.24) is 15.1 Å². The number of aliphatic hydroxyl groups excluding tert-OH is 1. The maximum absolute atomic E-state index is 14.5. The summed E-state index contributed by atoms with van der Waals surface area (Å²) >= 11 is 0. The average molecular weight is 419 g/mol. The molecule has 1 fully saturated rings. The van der Waals surface area contributed by atoms with Gasteiger partial charge in [-0.2, -0.15) is 0 Å². The molecule has 1 aromatic carbocycles. The highest BCUT2D eigenvalue weighted by molar-refractivity contribution is 5.98. The molecule has 9 heteroatoms.